The smallest absolute Gasteiger partial charge is 0.349 e. The van der Waals surface area contributed by atoms with E-state index in [2.05, 4.69) is 25.1 Å². The Bertz CT molecular complexity index is 1420. The maximum Gasteiger partial charge on any atom is 0.490 e. The Kier molecular flexibility index (Phi) is 22.8. The van der Waals surface area contributed by atoms with E-state index in [1.165, 1.54) is 83.7 Å². The van der Waals surface area contributed by atoms with Crippen molar-refractivity contribution in [1.29, 1.82) is 0 Å². The number of H-pyrrole nitrogens is 1. The number of hydrogen-bond donors (Lipinski definition) is 4. The van der Waals surface area contributed by atoms with Gasteiger partial charge in [-0.15, -0.1) is 0 Å². The molecule has 0 aromatic carbocycles. The molecule has 1 aliphatic rings. The minimum absolute atomic E-state index is 0.143. The van der Waals surface area contributed by atoms with Crippen LogP contribution < -0.4 is 17.0 Å². The summed E-state index contributed by atoms with van der Waals surface area (Å²) < 4.78 is 83.6. The van der Waals surface area contributed by atoms with Gasteiger partial charge in [-0.05, 0) is 32.7 Å². The van der Waals surface area contributed by atoms with E-state index in [4.69, 9.17) is 19.5 Å². The lowest BCUT2D eigenvalue weighted by atomic mass is 10.0. The predicted octanol–water partition coefficient (Wildman–Crippen LogP) is 7.86. The fourth-order valence-electron chi connectivity index (χ4n) is 5.61. The van der Waals surface area contributed by atoms with Gasteiger partial charge in [0.25, 0.3) is 5.56 Å². The molecule has 6 atom stereocenters. The Balaban J connectivity index is 1.75. The maximum atomic E-state index is 14.7. The second-order valence-corrected chi connectivity index (χ2v) is 18.0. The van der Waals surface area contributed by atoms with Crippen LogP contribution in [0.15, 0.2) is 15.8 Å². The minimum Gasteiger partial charge on any atom is -0.349 e. The average Bonchev–Trinajstić information content (AvgIpc) is 3.44. The summed E-state index contributed by atoms with van der Waals surface area (Å²) in [6.07, 6.45) is 15.7. The molecule has 2 rings (SSSR count). The van der Waals surface area contributed by atoms with Gasteiger partial charge in [0.1, 0.15) is 18.5 Å². The quantitative estimate of drug-likeness (QED) is 0.0414. The van der Waals surface area contributed by atoms with Crippen molar-refractivity contribution in [3.63, 3.8) is 0 Å². The highest BCUT2D eigenvalue weighted by molar-refractivity contribution is 7.67. The van der Waals surface area contributed by atoms with Gasteiger partial charge in [0, 0.05) is 18.2 Å². The van der Waals surface area contributed by atoms with Gasteiger partial charge < -0.3 is 20.3 Å². The fraction of sp³-hybridized carbons (Fsp3) is 0.875. The number of aromatic amines is 1. The van der Waals surface area contributed by atoms with Crippen LogP contribution in [-0.4, -0.2) is 58.0 Å². The van der Waals surface area contributed by atoms with E-state index >= 15 is 0 Å². The minimum atomic E-state index is -5.63. The van der Waals surface area contributed by atoms with Crippen molar-refractivity contribution in [3.05, 3.63) is 32.6 Å². The summed E-state index contributed by atoms with van der Waals surface area (Å²) in [4.78, 5) is 46.2. The predicted molar refractivity (Wildman–Crippen MR) is 195 cm³/mol. The van der Waals surface area contributed by atoms with Crippen LogP contribution in [0.2, 0.25) is 0 Å². The zero-order chi connectivity index (χ0) is 38.5. The van der Waals surface area contributed by atoms with Gasteiger partial charge in [-0.3, -0.25) is 27.9 Å². The Morgan fingerprint density at radius 3 is 1.83 bits per heavy atom. The van der Waals surface area contributed by atoms with Crippen molar-refractivity contribution < 1.29 is 54.8 Å². The molecule has 5 N–H and O–H groups in total. The largest absolute Gasteiger partial charge is 0.490 e. The number of hydrogen-bond acceptors (Lipinski definition) is 12. The Morgan fingerprint density at radius 1 is 0.808 bits per heavy atom. The van der Waals surface area contributed by atoms with Crippen LogP contribution in [0.1, 0.15) is 141 Å². The van der Waals surface area contributed by atoms with E-state index in [0.29, 0.717) is 25.8 Å². The Hall–Kier alpha value is -1.06. The molecule has 1 aromatic rings. The van der Waals surface area contributed by atoms with Crippen LogP contribution in [0.4, 0.5) is 4.39 Å². The van der Waals surface area contributed by atoms with E-state index in [0.717, 1.165) is 30.3 Å². The SMILES string of the molecule is CCCCCCCCCCCCCCCCCCOP(=O)(OCCCCN)OP(=O)(O)OP(=O)(O)OC[C@H]1O[C@@H](n2cc(C)c(=O)[nH]c2=O)CC1F. The number of nitrogens with one attached hydrogen (secondary N) is 1. The molecule has 52 heavy (non-hydrogen) atoms. The summed E-state index contributed by atoms with van der Waals surface area (Å²) in [5, 5.41) is 0. The van der Waals surface area contributed by atoms with Gasteiger partial charge in [0.2, 0.25) is 0 Å². The Labute approximate surface area is 306 Å². The number of phosphoric ester groups is 2. The third-order valence-corrected chi connectivity index (χ3v) is 13.3. The van der Waals surface area contributed by atoms with E-state index in [-0.39, 0.29) is 25.2 Å². The normalized spacial score (nSPS) is 21.2. The summed E-state index contributed by atoms with van der Waals surface area (Å²) in [6.45, 7) is 2.68. The van der Waals surface area contributed by atoms with Gasteiger partial charge in [-0.1, -0.05) is 103 Å². The summed E-state index contributed by atoms with van der Waals surface area (Å²) in [7, 11) is -15.8. The third-order valence-electron chi connectivity index (χ3n) is 8.52. The Morgan fingerprint density at radius 2 is 1.31 bits per heavy atom. The average molecular weight is 808 g/mol. The highest BCUT2D eigenvalue weighted by atomic mass is 31.3. The summed E-state index contributed by atoms with van der Waals surface area (Å²) in [5.41, 5.74) is 4.16. The third kappa shape index (κ3) is 19.5. The second-order valence-electron chi connectivity index (χ2n) is 13.2. The molecule has 1 fully saturated rings. The zero-order valence-corrected chi connectivity index (χ0v) is 33.4. The van der Waals surface area contributed by atoms with E-state index < -0.39 is 59.8 Å². The van der Waals surface area contributed by atoms with Crippen LogP contribution in [0.5, 0.6) is 0 Å². The van der Waals surface area contributed by atoms with Crippen LogP contribution in [0, 0.1) is 6.92 Å². The van der Waals surface area contributed by atoms with E-state index in [9.17, 15) is 37.5 Å². The molecule has 0 aliphatic carbocycles. The number of nitrogens with zero attached hydrogens (tertiary/aromatic N) is 1. The molecule has 2 heterocycles. The molecule has 4 unspecified atom stereocenters. The van der Waals surface area contributed by atoms with Crippen molar-refractivity contribution in [1.82, 2.24) is 9.55 Å². The number of halogens is 1. The summed E-state index contributed by atoms with van der Waals surface area (Å²) in [5.74, 6) is 0. The van der Waals surface area contributed by atoms with Gasteiger partial charge in [0.15, 0.2) is 0 Å². The van der Waals surface area contributed by atoms with E-state index in [1.807, 2.05) is 0 Å². The number of aryl methyl sites for hydroxylation is 1. The van der Waals surface area contributed by atoms with Crippen LogP contribution in [-0.2, 0) is 40.6 Å². The number of ether oxygens (including phenoxy) is 1. The van der Waals surface area contributed by atoms with Gasteiger partial charge in [0.05, 0.1) is 19.8 Å². The molecule has 0 saturated carbocycles. The molecule has 16 nitrogen and oxygen atoms in total. The number of phosphoric acid groups is 3. The first kappa shape index (κ1) is 47.1. The van der Waals surface area contributed by atoms with Crippen molar-refractivity contribution in [2.75, 3.05) is 26.4 Å². The second kappa shape index (κ2) is 25.2. The van der Waals surface area contributed by atoms with Crippen molar-refractivity contribution >= 4 is 23.5 Å². The van der Waals surface area contributed by atoms with Crippen molar-refractivity contribution in [3.8, 4) is 0 Å². The lowest BCUT2D eigenvalue weighted by Gasteiger charge is -2.22. The fourth-order valence-corrected chi connectivity index (χ4v) is 9.73. The molecular weight excluding hydrogens is 746 g/mol. The standard InChI is InChI=1S/C32H61FN3O13P3/c1-3-4-5-6-7-8-9-10-11-12-13-14-15-16-17-19-22-44-52(43,45-23-20-18-21-34)49-51(41,42)48-50(39,40)46-26-29-28(33)24-30(47-29)36-25-27(2)31(37)35-32(36)38/h25,28-30H,3-24,26,34H2,1-2H3,(H,39,40)(H,41,42)(H,35,37,38)/t28?,29-,30-,52?/m1/s1. The lowest BCUT2D eigenvalue weighted by Crippen LogP contribution is -2.33. The van der Waals surface area contributed by atoms with Gasteiger partial charge >= 0.3 is 29.2 Å². The highest BCUT2D eigenvalue weighted by Gasteiger charge is 2.45. The number of rotatable bonds is 31. The van der Waals surface area contributed by atoms with Crippen LogP contribution in [0.25, 0.3) is 0 Å². The molecule has 0 bridgehead atoms. The van der Waals surface area contributed by atoms with Crippen molar-refractivity contribution in [2.24, 2.45) is 5.73 Å². The van der Waals surface area contributed by atoms with Crippen LogP contribution >= 0.6 is 23.5 Å². The molecule has 304 valence electrons. The molecule has 0 spiro atoms. The van der Waals surface area contributed by atoms with Gasteiger partial charge in [-0.2, -0.15) is 8.62 Å². The first-order chi connectivity index (χ1) is 24.7. The first-order valence-corrected chi connectivity index (χ1v) is 23.1. The molecule has 1 aromatic heterocycles. The first-order valence-electron chi connectivity index (χ1n) is 18.6. The van der Waals surface area contributed by atoms with E-state index in [1.54, 1.807) is 0 Å². The van der Waals surface area contributed by atoms with Gasteiger partial charge in [-0.25, -0.2) is 22.9 Å². The molecule has 0 radical (unpaired) electrons. The topological polar surface area (TPSA) is 228 Å². The molecule has 1 saturated heterocycles. The number of alkyl halides is 1. The number of nitrogens with two attached hydrogens (primary N) is 1. The molecule has 20 heteroatoms. The zero-order valence-electron chi connectivity index (χ0n) is 30.7. The number of unbranched alkanes of at least 4 members (excludes halogenated alkanes) is 16. The van der Waals surface area contributed by atoms with Crippen LogP contribution in [0.3, 0.4) is 0 Å². The molecule has 0 amide bonds. The monoisotopic (exact) mass is 807 g/mol. The number of aromatic nitrogens is 2. The molecular formula is C32H61FN3O13P3. The maximum absolute atomic E-state index is 14.7. The lowest BCUT2D eigenvalue weighted by molar-refractivity contribution is -0.0350. The summed E-state index contributed by atoms with van der Waals surface area (Å²) >= 11 is 0. The highest BCUT2D eigenvalue weighted by Crippen LogP contribution is 2.69. The molecule has 1 aliphatic heterocycles. The summed E-state index contributed by atoms with van der Waals surface area (Å²) in [6, 6.07) is 0. The van der Waals surface area contributed by atoms with Crippen molar-refractivity contribution in [2.45, 2.75) is 154 Å².